The molecule has 0 spiro atoms. The van der Waals surface area contributed by atoms with Crippen LogP contribution in [0.1, 0.15) is 37.6 Å². The standard InChI is InChI=1S/C15H29N5S/c1-6-13-10-17-14(21-13)11-19-15(16-5)18-9-12(4)20(7-2)8-3/h10,12H,6-9,11H2,1-5H3,(H2,16,18,19). The van der Waals surface area contributed by atoms with E-state index >= 15 is 0 Å². The molecule has 1 aromatic heterocycles. The van der Waals surface area contributed by atoms with E-state index < -0.39 is 0 Å². The molecule has 0 aliphatic rings. The van der Waals surface area contributed by atoms with Gasteiger partial charge in [0, 0.05) is 30.7 Å². The van der Waals surface area contributed by atoms with Crippen molar-refractivity contribution in [3.63, 3.8) is 0 Å². The Morgan fingerprint density at radius 2 is 2.05 bits per heavy atom. The first kappa shape index (κ1) is 17.9. The van der Waals surface area contributed by atoms with E-state index in [0.29, 0.717) is 6.04 Å². The lowest BCUT2D eigenvalue weighted by Gasteiger charge is -2.27. The molecule has 1 aromatic rings. The molecule has 120 valence electrons. The average molecular weight is 311 g/mol. The molecule has 1 heterocycles. The van der Waals surface area contributed by atoms with Gasteiger partial charge in [0.15, 0.2) is 5.96 Å². The van der Waals surface area contributed by atoms with Crippen molar-refractivity contribution in [3.8, 4) is 0 Å². The number of hydrogen-bond acceptors (Lipinski definition) is 4. The van der Waals surface area contributed by atoms with Gasteiger partial charge < -0.3 is 10.6 Å². The normalized spacial score (nSPS) is 13.5. The Labute approximate surface area is 132 Å². The topological polar surface area (TPSA) is 52.6 Å². The summed E-state index contributed by atoms with van der Waals surface area (Å²) in [5.74, 6) is 0.835. The van der Waals surface area contributed by atoms with Gasteiger partial charge in [0.25, 0.3) is 0 Å². The number of guanidine groups is 1. The molecule has 1 atom stereocenters. The van der Waals surface area contributed by atoms with Crippen LogP contribution in [0.15, 0.2) is 11.2 Å². The molecule has 0 aromatic carbocycles. The van der Waals surface area contributed by atoms with Crippen molar-refractivity contribution in [1.29, 1.82) is 0 Å². The van der Waals surface area contributed by atoms with Crippen LogP contribution in [0.5, 0.6) is 0 Å². The fourth-order valence-electron chi connectivity index (χ4n) is 2.19. The van der Waals surface area contributed by atoms with Gasteiger partial charge in [-0.05, 0) is 26.4 Å². The quantitative estimate of drug-likeness (QED) is 0.570. The number of nitrogens with one attached hydrogen (secondary N) is 2. The van der Waals surface area contributed by atoms with Crippen molar-refractivity contribution < 1.29 is 0 Å². The highest BCUT2D eigenvalue weighted by atomic mass is 32.1. The fourth-order valence-corrected chi connectivity index (χ4v) is 3.00. The van der Waals surface area contributed by atoms with E-state index in [-0.39, 0.29) is 0 Å². The summed E-state index contributed by atoms with van der Waals surface area (Å²) in [7, 11) is 1.80. The summed E-state index contributed by atoms with van der Waals surface area (Å²) in [6, 6.07) is 0.491. The van der Waals surface area contributed by atoms with Crippen molar-refractivity contribution in [2.24, 2.45) is 4.99 Å². The number of hydrogen-bond donors (Lipinski definition) is 2. The zero-order valence-electron chi connectivity index (χ0n) is 13.9. The van der Waals surface area contributed by atoms with Crippen molar-refractivity contribution in [2.45, 2.75) is 46.7 Å². The van der Waals surface area contributed by atoms with E-state index in [2.05, 4.69) is 53.2 Å². The van der Waals surface area contributed by atoms with Crippen LogP contribution in [0.3, 0.4) is 0 Å². The molecular formula is C15H29N5S. The maximum absolute atomic E-state index is 4.41. The molecule has 2 N–H and O–H groups in total. The Morgan fingerprint density at radius 1 is 1.33 bits per heavy atom. The smallest absolute Gasteiger partial charge is 0.191 e. The van der Waals surface area contributed by atoms with E-state index in [0.717, 1.165) is 43.6 Å². The maximum Gasteiger partial charge on any atom is 0.191 e. The summed E-state index contributed by atoms with van der Waals surface area (Å²) < 4.78 is 0. The molecule has 0 fully saturated rings. The van der Waals surface area contributed by atoms with Gasteiger partial charge in [0.1, 0.15) is 5.01 Å². The van der Waals surface area contributed by atoms with Gasteiger partial charge in [0.05, 0.1) is 6.54 Å². The number of aliphatic imine (C=N–C) groups is 1. The largest absolute Gasteiger partial charge is 0.355 e. The highest BCUT2D eigenvalue weighted by Gasteiger charge is 2.10. The van der Waals surface area contributed by atoms with Gasteiger partial charge in [0.2, 0.25) is 0 Å². The highest BCUT2D eigenvalue weighted by Crippen LogP contribution is 2.12. The lowest BCUT2D eigenvalue weighted by molar-refractivity contribution is 0.231. The number of likely N-dealkylation sites (N-methyl/N-ethyl adjacent to an activating group) is 1. The first-order valence-electron chi connectivity index (χ1n) is 7.76. The molecule has 0 aliphatic carbocycles. The molecule has 0 amide bonds. The van der Waals surface area contributed by atoms with Crippen LogP contribution in [0.2, 0.25) is 0 Å². The summed E-state index contributed by atoms with van der Waals surface area (Å²) in [5.41, 5.74) is 0. The lowest BCUT2D eigenvalue weighted by atomic mass is 10.3. The van der Waals surface area contributed by atoms with Gasteiger partial charge in [-0.15, -0.1) is 11.3 Å². The van der Waals surface area contributed by atoms with Crippen LogP contribution < -0.4 is 10.6 Å². The average Bonchev–Trinajstić information content (AvgIpc) is 2.96. The van der Waals surface area contributed by atoms with Gasteiger partial charge in [-0.2, -0.15) is 0 Å². The lowest BCUT2D eigenvalue weighted by Crippen LogP contribution is -2.45. The van der Waals surface area contributed by atoms with E-state index in [1.807, 2.05) is 6.20 Å². The molecule has 0 radical (unpaired) electrons. The molecule has 21 heavy (non-hydrogen) atoms. The number of nitrogens with zero attached hydrogens (tertiary/aromatic N) is 3. The highest BCUT2D eigenvalue weighted by molar-refractivity contribution is 7.11. The van der Waals surface area contributed by atoms with Crippen LogP contribution in [-0.2, 0) is 13.0 Å². The Kier molecular flexibility index (Phi) is 8.30. The van der Waals surface area contributed by atoms with Crippen molar-refractivity contribution >= 4 is 17.3 Å². The predicted molar refractivity (Wildman–Crippen MR) is 92.1 cm³/mol. The molecule has 5 nitrogen and oxygen atoms in total. The monoisotopic (exact) mass is 311 g/mol. The summed E-state index contributed by atoms with van der Waals surface area (Å²) in [6.45, 7) is 12.5. The first-order valence-corrected chi connectivity index (χ1v) is 8.58. The number of thiazole rings is 1. The number of aromatic nitrogens is 1. The van der Waals surface area contributed by atoms with Crippen molar-refractivity contribution in [3.05, 3.63) is 16.1 Å². The second-order valence-corrected chi connectivity index (χ2v) is 6.15. The summed E-state index contributed by atoms with van der Waals surface area (Å²) in [5, 5.41) is 7.81. The Bertz CT molecular complexity index is 425. The van der Waals surface area contributed by atoms with E-state index in [4.69, 9.17) is 0 Å². The summed E-state index contributed by atoms with van der Waals surface area (Å²) in [6.07, 6.45) is 3.01. The minimum absolute atomic E-state index is 0.491. The van der Waals surface area contributed by atoms with Gasteiger partial charge in [-0.25, -0.2) is 4.98 Å². The van der Waals surface area contributed by atoms with Crippen LogP contribution in [0.25, 0.3) is 0 Å². The zero-order valence-corrected chi connectivity index (χ0v) is 14.8. The third-order valence-electron chi connectivity index (χ3n) is 3.58. The molecule has 6 heteroatoms. The maximum atomic E-state index is 4.41. The molecule has 0 saturated heterocycles. The Balaban J connectivity index is 2.38. The minimum Gasteiger partial charge on any atom is -0.355 e. The number of aryl methyl sites for hydroxylation is 1. The van der Waals surface area contributed by atoms with Gasteiger partial charge in [-0.3, -0.25) is 9.89 Å². The van der Waals surface area contributed by atoms with Crippen molar-refractivity contribution in [2.75, 3.05) is 26.7 Å². The third-order valence-corrected chi connectivity index (χ3v) is 4.72. The predicted octanol–water partition coefficient (Wildman–Crippen LogP) is 2.10. The minimum atomic E-state index is 0.491. The van der Waals surface area contributed by atoms with E-state index in [9.17, 15) is 0 Å². The van der Waals surface area contributed by atoms with Gasteiger partial charge >= 0.3 is 0 Å². The van der Waals surface area contributed by atoms with Crippen LogP contribution in [0.4, 0.5) is 0 Å². The van der Waals surface area contributed by atoms with Crippen LogP contribution in [0, 0.1) is 0 Å². The Hall–Kier alpha value is -1.14. The molecule has 0 bridgehead atoms. The van der Waals surface area contributed by atoms with E-state index in [1.165, 1.54) is 4.88 Å². The molecule has 1 rings (SSSR count). The SMILES string of the molecule is CCc1cnc(CNC(=NC)NCC(C)N(CC)CC)s1. The van der Waals surface area contributed by atoms with Crippen LogP contribution in [-0.4, -0.2) is 48.6 Å². The molecule has 1 unspecified atom stereocenters. The molecule has 0 aliphatic heterocycles. The Morgan fingerprint density at radius 3 is 2.57 bits per heavy atom. The second-order valence-electron chi connectivity index (χ2n) is 4.95. The second kappa shape index (κ2) is 9.73. The summed E-state index contributed by atoms with van der Waals surface area (Å²) >= 11 is 1.76. The molecular weight excluding hydrogens is 282 g/mol. The van der Waals surface area contributed by atoms with Crippen LogP contribution >= 0.6 is 11.3 Å². The van der Waals surface area contributed by atoms with E-state index in [1.54, 1.807) is 18.4 Å². The third kappa shape index (κ3) is 6.01. The molecule has 0 saturated carbocycles. The fraction of sp³-hybridized carbons (Fsp3) is 0.733. The van der Waals surface area contributed by atoms with Crippen molar-refractivity contribution in [1.82, 2.24) is 20.5 Å². The zero-order chi connectivity index (χ0) is 15.7. The summed E-state index contributed by atoms with van der Waals surface area (Å²) in [4.78, 5) is 12.4. The first-order chi connectivity index (χ1) is 10.1. The van der Waals surface area contributed by atoms with Gasteiger partial charge in [-0.1, -0.05) is 20.8 Å². The number of rotatable bonds is 8.